The van der Waals surface area contributed by atoms with E-state index in [0.717, 1.165) is 11.1 Å². The highest BCUT2D eigenvalue weighted by atomic mass is 16.2. The van der Waals surface area contributed by atoms with Crippen molar-refractivity contribution >= 4 is 11.9 Å². The van der Waals surface area contributed by atoms with Gasteiger partial charge >= 0.3 is 6.03 Å². The maximum absolute atomic E-state index is 11.8. The molecule has 5 nitrogen and oxygen atoms in total. The minimum atomic E-state index is -0.511. The standard InChI is InChI=1S/C18H21N3O2/c1-13-8-10-15(11-9-13)17(14-6-4-3-5-7-14)20-12-16(22)21-18(23)19-2/h3-11,17,20H,12H2,1-2H3,(H2,19,21,22,23)/t17-/m1/s1. The number of hydrogen-bond acceptors (Lipinski definition) is 3. The number of imide groups is 1. The highest BCUT2D eigenvalue weighted by Crippen LogP contribution is 2.22. The molecule has 0 spiro atoms. The third kappa shape index (κ3) is 4.93. The van der Waals surface area contributed by atoms with E-state index in [1.807, 2.05) is 61.5 Å². The van der Waals surface area contributed by atoms with Crippen LogP contribution in [0.15, 0.2) is 54.6 Å². The van der Waals surface area contributed by atoms with E-state index in [0.29, 0.717) is 0 Å². The Bertz CT molecular complexity index is 654. The molecule has 120 valence electrons. The van der Waals surface area contributed by atoms with Crippen molar-refractivity contribution in [2.75, 3.05) is 13.6 Å². The van der Waals surface area contributed by atoms with Gasteiger partial charge in [-0.25, -0.2) is 4.79 Å². The molecule has 1 atom stereocenters. The lowest BCUT2D eigenvalue weighted by Gasteiger charge is -2.20. The van der Waals surface area contributed by atoms with Gasteiger partial charge in [-0.1, -0.05) is 60.2 Å². The quantitative estimate of drug-likeness (QED) is 0.792. The Morgan fingerprint density at radius 1 is 0.957 bits per heavy atom. The Balaban J connectivity index is 2.13. The zero-order valence-corrected chi connectivity index (χ0v) is 13.3. The highest BCUT2D eigenvalue weighted by molar-refractivity contribution is 5.95. The SMILES string of the molecule is CNC(=O)NC(=O)CN[C@H](c1ccccc1)c1ccc(C)cc1. The van der Waals surface area contributed by atoms with Crippen LogP contribution in [0, 0.1) is 6.92 Å². The molecule has 0 bridgehead atoms. The van der Waals surface area contributed by atoms with E-state index in [1.54, 1.807) is 0 Å². The van der Waals surface area contributed by atoms with Crippen molar-refractivity contribution in [3.8, 4) is 0 Å². The smallest absolute Gasteiger partial charge is 0.321 e. The van der Waals surface area contributed by atoms with Gasteiger partial charge in [0.25, 0.3) is 0 Å². The number of rotatable bonds is 5. The van der Waals surface area contributed by atoms with Gasteiger partial charge in [0.15, 0.2) is 0 Å². The van der Waals surface area contributed by atoms with Crippen molar-refractivity contribution in [3.63, 3.8) is 0 Å². The molecule has 0 aliphatic heterocycles. The molecule has 2 rings (SSSR count). The number of carbonyl (C=O) groups excluding carboxylic acids is 2. The summed E-state index contributed by atoms with van der Waals surface area (Å²) >= 11 is 0. The fourth-order valence-electron chi connectivity index (χ4n) is 2.26. The maximum Gasteiger partial charge on any atom is 0.321 e. The monoisotopic (exact) mass is 311 g/mol. The normalized spacial score (nSPS) is 11.6. The molecule has 0 unspecified atom stereocenters. The van der Waals surface area contributed by atoms with Crippen molar-refractivity contribution in [1.29, 1.82) is 0 Å². The van der Waals surface area contributed by atoms with Crippen molar-refractivity contribution < 1.29 is 9.59 Å². The largest absolute Gasteiger partial charge is 0.341 e. The number of hydrogen-bond donors (Lipinski definition) is 3. The van der Waals surface area contributed by atoms with E-state index >= 15 is 0 Å². The van der Waals surface area contributed by atoms with E-state index in [4.69, 9.17) is 0 Å². The lowest BCUT2D eigenvalue weighted by Crippen LogP contribution is -2.42. The molecule has 0 saturated heterocycles. The molecule has 23 heavy (non-hydrogen) atoms. The molecule has 3 amide bonds. The van der Waals surface area contributed by atoms with Crippen LogP contribution in [-0.4, -0.2) is 25.5 Å². The Labute approximate surface area is 136 Å². The number of nitrogens with one attached hydrogen (secondary N) is 3. The first-order valence-electron chi connectivity index (χ1n) is 7.46. The number of urea groups is 1. The number of amides is 3. The zero-order chi connectivity index (χ0) is 16.7. The fourth-order valence-corrected chi connectivity index (χ4v) is 2.26. The van der Waals surface area contributed by atoms with Gasteiger partial charge in [-0.05, 0) is 18.1 Å². The highest BCUT2D eigenvalue weighted by Gasteiger charge is 2.15. The third-order valence-electron chi connectivity index (χ3n) is 3.49. The third-order valence-corrected chi connectivity index (χ3v) is 3.49. The van der Waals surface area contributed by atoms with Crippen LogP contribution in [-0.2, 0) is 4.79 Å². The van der Waals surface area contributed by atoms with Crippen LogP contribution >= 0.6 is 0 Å². The second-order valence-electron chi connectivity index (χ2n) is 5.26. The predicted molar refractivity (Wildman–Crippen MR) is 90.1 cm³/mol. The van der Waals surface area contributed by atoms with Crippen LogP contribution in [0.4, 0.5) is 4.79 Å². The van der Waals surface area contributed by atoms with Gasteiger partial charge in [-0.2, -0.15) is 0 Å². The predicted octanol–water partition coefficient (Wildman–Crippen LogP) is 2.13. The average molecular weight is 311 g/mol. The van der Waals surface area contributed by atoms with Crippen LogP contribution in [0.5, 0.6) is 0 Å². The molecule has 0 saturated carbocycles. The van der Waals surface area contributed by atoms with E-state index in [-0.39, 0.29) is 18.5 Å². The molecule has 5 heteroatoms. The van der Waals surface area contributed by atoms with Crippen LogP contribution < -0.4 is 16.0 Å². The summed E-state index contributed by atoms with van der Waals surface area (Å²) < 4.78 is 0. The Kier molecular flexibility index (Phi) is 5.88. The van der Waals surface area contributed by atoms with Gasteiger partial charge in [0.1, 0.15) is 0 Å². The van der Waals surface area contributed by atoms with Crippen LogP contribution in [0.1, 0.15) is 22.7 Å². The summed E-state index contributed by atoms with van der Waals surface area (Å²) in [6, 6.07) is 17.4. The number of aryl methyl sites for hydroxylation is 1. The molecule has 0 aromatic heterocycles. The summed E-state index contributed by atoms with van der Waals surface area (Å²) in [4.78, 5) is 23.0. The molecular formula is C18H21N3O2. The zero-order valence-electron chi connectivity index (χ0n) is 13.3. The van der Waals surface area contributed by atoms with Gasteiger partial charge in [0.2, 0.25) is 5.91 Å². The van der Waals surface area contributed by atoms with E-state index in [9.17, 15) is 9.59 Å². The Morgan fingerprint density at radius 2 is 1.57 bits per heavy atom. The summed E-state index contributed by atoms with van der Waals surface area (Å²) in [5, 5.41) is 7.81. The topological polar surface area (TPSA) is 70.2 Å². The van der Waals surface area contributed by atoms with Gasteiger partial charge in [0, 0.05) is 7.05 Å². The van der Waals surface area contributed by atoms with Gasteiger partial charge < -0.3 is 5.32 Å². The second-order valence-corrected chi connectivity index (χ2v) is 5.26. The molecule has 2 aromatic carbocycles. The molecular weight excluding hydrogens is 290 g/mol. The molecule has 3 N–H and O–H groups in total. The average Bonchev–Trinajstić information content (AvgIpc) is 2.57. The van der Waals surface area contributed by atoms with Gasteiger partial charge in [-0.15, -0.1) is 0 Å². The first kappa shape index (κ1) is 16.7. The number of carbonyl (C=O) groups is 2. The second kappa shape index (κ2) is 8.10. The summed E-state index contributed by atoms with van der Waals surface area (Å²) in [5.41, 5.74) is 3.30. The summed E-state index contributed by atoms with van der Waals surface area (Å²) in [6.07, 6.45) is 0. The molecule has 2 aromatic rings. The van der Waals surface area contributed by atoms with Crippen molar-refractivity contribution in [3.05, 3.63) is 71.3 Å². The lowest BCUT2D eigenvalue weighted by atomic mass is 9.98. The summed E-state index contributed by atoms with van der Waals surface area (Å²) in [6.45, 7) is 2.08. The van der Waals surface area contributed by atoms with Crippen LogP contribution in [0.25, 0.3) is 0 Å². The van der Waals surface area contributed by atoms with Gasteiger partial charge in [0.05, 0.1) is 12.6 Å². The summed E-state index contributed by atoms with van der Waals surface area (Å²) in [5.74, 6) is -0.377. The van der Waals surface area contributed by atoms with E-state index < -0.39 is 6.03 Å². The molecule has 0 aliphatic carbocycles. The van der Waals surface area contributed by atoms with E-state index in [2.05, 4.69) is 16.0 Å². The molecule has 0 heterocycles. The lowest BCUT2D eigenvalue weighted by molar-refractivity contribution is -0.119. The fraction of sp³-hybridized carbons (Fsp3) is 0.222. The minimum absolute atomic E-state index is 0.0425. The molecule has 0 aliphatic rings. The number of benzene rings is 2. The van der Waals surface area contributed by atoms with Crippen LogP contribution in [0.2, 0.25) is 0 Å². The minimum Gasteiger partial charge on any atom is -0.341 e. The van der Waals surface area contributed by atoms with Gasteiger partial charge in [-0.3, -0.25) is 15.4 Å². The summed E-state index contributed by atoms with van der Waals surface area (Å²) in [7, 11) is 1.47. The van der Waals surface area contributed by atoms with Crippen molar-refractivity contribution in [2.24, 2.45) is 0 Å². The first-order chi connectivity index (χ1) is 11.1. The van der Waals surface area contributed by atoms with Crippen molar-refractivity contribution in [1.82, 2.24) is 16.0 Å². The molecule has 0 radical (unpaired) electrons. The van der Waals surface area contributed by atoms with E-state index in [1.165, 1.54) is 12.6 Å². The Morgan fingerprint density at radius 3 is 2.17 bits per heavy atom. The van der Waals surface area contributed by atoms with Crippen LogP contribution in [0.3, 0.4) is 0 Å². The maximum atomic E-state index is 11.8. The Hall–Kier alpha value is -2.66. The first-order valence-corrected chi connectivity index (χ1v) is 7.46. The molecule has 0 fully saturated rings. The van der Waals surface area contributed by atoms with Crippen molar-refractivity contribution in [2.45, 2.75) is 13.0 Å².